The highest BCUT2D eigenvalue weighted by Gasteiger charge is 2.69. The zero-order valence-electron chi connectivity index (χ0n) is 15.8. The number of aliphatic hydroxyl groups is 2. The lowest BCUT2D eigenvalue weighted by atomic mass is 9.35. The topological polar surface area (TPSA) is 43.7 Å². The maximum absolute atomic E-state index is 11.2. The number of piperidine rings is 1. The van der Waals surface area contributed by atoms with Crippen LogP contribution in [0.15, 0.2) is 12.2 Å². The van der Waals surface area contributed by atoms with Crippen molar-refractivity contribution in [1.29, 1.82) is 0 Å². The van der Waals surface area contributed by atoms with E-state index in [2.05, 4.69) is 18.4 Å². The molecule has 5 saturated carbocycles. The number of rotatable bonds is 2. The molecule has 0 radical (unpaired) electrons. The number of hydrogen-bond donors (Lipinski definition) is 2. The molecule has 3 nitrogen and oxygen atoms in total. The lowest BCUT2D eigenvalue weighted by Gasteiger charge is -2.73. The van der Waals surface area contributed by atoms with Gasteiger partial charge in [-0.15, -0.1) is 0 Å². The summed E-state index contributed by atoms with van der Waals surface area (Å²) in [4.78, 5) is 2.57. The first-order chi connectivity index (χ1) is 12.0. The van der Waals surface area contributed by atoms with E-state index >= 15 is 0 Å². The predicted octanol–water partition coefficient (Wildman–Crippen LogP) is 3.21. The molecule has 7 atom stereocenters. The molecule has 0 amide bonds. The summed E-state index contributed by atoms with van der Waals surface area (Å²) in [5.41, 5.74) is 2.05. The molecule has 1 heterocycles. The number of nitrogens with zero attached hydrogens (tertiary/aromatic N) is 1. The molecule has 5 aliphatic carbocycles. The minimum Gasteiger partial charge on any atom is -0.395 e. The Kier molecular flexibility index (Phi) is 3.57. The first kappa shape index (κ1) is 16.8. The summed E-state index contributed by atoms with van der Waals surface area (Å²) in [6.45, 7) is 10.3. The number of hydrogen-bond acceptors (Lipinski definition) is 3. The fourth-order valence-electron chi connectivity index (χ4n) is 8.86. The molecule has 140 valence electrons. The Hall–Kier alpha value is -0.380. The fourth-order valence-corrected chi connectivity index (χ4v) is 8.86. The van der Waals surface area contributed by atoms with Crippen molar-refractivity contribution in [2.45, 2.75) is 64.4 Å². The predicted molar refractivity (Wildman–Crippen MR) is 99.1 cm³/mol. The van der Waals surface area contributed by atoms with Crippen LogP contribution < -0.4 is 0 Å². The Balaban J connectivity index is 1.59. The van der Waals surface area contributed by atoms with Crippen molar-refractivity contribution in [3.63, 3.8) is 0 Å². The molecule has 1 saturated heterocycles. The van der Waals surface area contributed by atoms with E-state index in [-0.39, 0.29) is 18.1 Å². The first-order valence-corrected chi connectivity index (χ1v) is 10.7. The third-order valence-corrected chi connectivity index (χ3v) is 9.63. The average Bonchev–Trinajstić information content (AvgIpc) is 2.58. The average molecular weight is 346 g/mol. The van der Waals surface area contributed by atoms with E-state index < -0.39 is 0 Å². The van der Waals surface area contributed by atoms with Gasteiger partial charge in [0, 0.05) is 25.0 Å². The Morgan fingerprint density at radius 3 is 2.68 bits per heavy atom. The highest BCUT2D eigenvalue weighted by atomic mass is 16.3. The monoisotopic (exact) mass is 345 g/mol. The molecular weight excluding hydrogens is 310 g/mol. The Bertz CT molecular complexity index is 591. The van der Waals surface area contributed by atoms with Gasteiger partial charge in [-0.25, -0.2) is 0 Å². The van der Waals surface area contributed by atoms with Gasteiger partial charge in [0.15, 0.2) is 0 Å². The summed E-state index contributed by atoms with van der Waals surface area (Å²) < 4.78 is 0. The summed E-state index contributed by atoms with van der Waals surface area (Å²) >= 11 is 0. The number of β-amino-alcohol motifs (C(OH)–C–C–N with tert-alkyl or cyclic N) is 1. The summed E-state index contributed by atoms with van der Waals surface area (Å²) in [5.74, 6) is 2.04. The molecule has 0 unspecified atom stereocenters. The molecule has 1 spiro atoms. The van der Waals surface area contributed by atoms with Crippen molar-refractivity contribution in [3.8, 4) is 0 Å². The van der Waals surface area contributed by atoms with Crippen LogP contribution in [0.4, 0.5) is 0 Å². The zero-order chi connectivity index (χ0) is 17.4. The summed E-state index contributed by atoms with van der Waals surface area (Å²) in [7, 11) is 0. The van der Waals surface area contributed by atoms with Crippen LogP contribution in [0.25, 0.3) is 0 Å². The summed E-state index contributed by atoms with van der Waals surface area (Å²) in [6.07, 6.45) is 10.0. The SMILES string of the molecule is C=C1[C@H]2CC[C@@]3(CC[C@@H]4[C@]5(C)CCC[C@@]4(CN(CCO)C5)[C@@H]3C2)[C@@H]1O. The van der Waals surface area contributed by atoms with E-state index in [0.717, 1.165) is 24.6 Å². The second kappa shape index (κ2) is 5.33. The summed E-state index contributed by atoms with van der Waals surface area (Å²) in [6, 6.07) is 0. The number of likely N-dealkylation sites (tertiary alicyclic amines) is 1. The van der Waals surface area contributed by atoms with Crippen LogP contribution in [0.1, 0.15) is 58.3 Å². The minimum atomic E-state index is -0.262. The molecule has 0 aromatic rings. The Morgan fingerprint density at radius 2 is 1.88 bits per heavy atom. The molecule has 1 aliphatic heterocycles. The molecule has 2 N–H and O–H groups in total. The van der Waals surface area contributed by atoms with Crippen LogP contribution in [-0.4, -0.2) is 47.5 Å². The zero-order valence-corrected chi connectivity index (χ0v) is 15.8. The third-order valence-electron chi connectivity index (χ3n) is 9.63. The number of fused-ring (bicyclic) bond motifs is 2. The molecule has 6 fully saturated rings. The van der Waals surface area contributed by atoms with E-state index in [4.69, 9.17) is 0 Å². The van der Waals surface area contributed by atoms with Crippen molar-refractivity contribution < 1.29 is 10.2 Å². The maximum Gasteiger partial charge on any atom is 0.0809 e. The van der Waals surface area contributed by atoms with Gasteiger partial charge in [-0.2, -0.15) is 0 Å². The Labute approximate surface area is 152 Å². The largest absolute Gasteiger partial charge is 0.395 e. The van der Waals surface area contributed by atoms with Crippen molar-refractivity contribution in [2.75, 3.05) is 26.2 Å². The second-order valence-corrected chi connectivity index (χ2v) is 10.5. The fraction of sp³-hybridized carbons (Fsp3) is 0.909. The van der Waals surface area contributed by atoms with Crippen LogP contribution >= 0.6 is 0 Å². The first-order valence-electron chi connectivity index (χ1n) is 10.7. The van der Waals surface area contributed by atoms with Crippen molar-refractivity contribution >= 4 is 0 Å². The van der Waals surface area contributed by atoms with Gasteiger partial charge in [0.2, 0.25) is 0 Å². The van der Waals surface area contributed by atoms with E-state index in [1.807, 2.05) is 0 Å². The second-order valence-electron chi connectivity index (χ2n) is 10.5. The van der Waals surface area contributed by atoms with Crippen molar-refractivity contribution in [2.24, 2.45) is 34.0 Å². The van der Waals surface area contributed by atoms with Gasteiger partial charge in [0.05, 0.1) is 12.7 Å². The lowest BCUT2D eigenvalue weighted by Crippen LogP contribution is -2.71. The normalized spacial score (nSPS) is 54.9. The molecule has 0 aromatic carbocycles. The van der Waals surface area contributed by atoms with E-state index in [1.165, 1.54) is 57.9 Å². The maximum atomic E-state index is 11.2. The van der Waals surface area contributed by atoms with Gasteiger partial charge in [-0.05, 0) is 79.1 Å². The molecule has 6 aliphatic rings. The van der Waals surface area contributed by atoms with Crippen LogP contribution in [0.2, 0.25) is 0 Å². The van der Waals surface area contributed by atoms with Gasteiger partial charge in [-0.3, -0.25) is 4.90 Å². The smallest absolute Gasteiger partial charge is 0.0809 e. The Morgan fingerprint density at radius 1 is 1.08 bits per heavy atom. The molecule has 25 heavy (non-hydrogen) atoms. The third kappa shape index (κ3) is 1.98. The number of aliphatic hydroxyl groups excluding tert-OH is 2. The summed E-state index contributed by atoms with van der Waals surface area (Å²) in [5, 5.41) is 20.8. The van der Waals surface area contributed by atoms with E-state index in [0.29, 0.717) is 22.7 Å². The van der Waals surface area contributed by atoms with Gasteiger partial charge >= 0.3 is 0 Å². The minimum absolute atomic E-state index is 0.114. The molecule has 6 rings (SSSR count). The molecular formula is C22H35NO2. The molecule has 3 heteroatoms. The molecule has 4 bridgehead atoms. The van der Waals surface area contributed by atoms with Crippen LogP contribution in [0.3, 0.4) is 0 Å². The highest BCUT2D eigenvalue weighted by Crippen LogP contribution is 2.73. The van der Waals surface area contributed by atoms with Gasteiger partial charge in [0.1, 0.15) is 0 Å². The van der Waals surface area contributed by atoms with Gasteiger partial charge in [0.25, 0.3) is 0 Å². The lowest BCUT2D eigenvalue weighted by molar-refractivity contribution is -0.240. The van der Waals surface area contributed by atoms with Crippen molar-refractivity contribution in [3.05, 3.63) is 12.2 Å². The van der Waals surface area contributed by atoms with Gasteiger partial charge in [-0.1, -0.05) is 19.9 Å². The quantitative estimate of drug-likeness (QED) is 0.755. The standard InChI is InChI=1S/C22H35NO2/c1-15-16-4-8-21(19(15)25)9-5-17-20(2)6-3-7-22(17,18(21)12-16)14-23(13-20)10-11-24/h16-19,24-25H,1,3-14H2,2H3/t16-,17+,18+,19+,20+,21-,22-/m0/s1. The highest BCUT2D eigenvalue weighted by molar-refractivity contribution is 5.27. The van der Waals surface area contributed by atoms with Crippen molar-refractivity contribution in [1.82, 2.24) is 4.90 Å². The molecule has 0 aromatic heterocycles. The van der Waals surface area contributed by atoms with Crippen LogP contribution in [-0.2, 0) is 0 Å². The van der Waals surface area contributed by atoms with Gasteiger partial charge < -0.3 is 10.2 Å². The van der Waals surface area contributed by atoms with E-state index in [1.54, 1.807) is 0 Å². The van der Waals surface area contributed by atoms with Crippen LogP contribution in [0.5, 0.6) is 0 Å². The van der Waals surface area contributed by atoms with Crippen LogP contribution in [0, 0.1) is 34.0 Å². The van der Waals surface area contributed by atoms with E-state index in [9.17, 15) is 10.2 Å².